The molecule has 3 N–H and O–H groups in total. The second kappa shape index (κ2) is 15.7. The number of ketones is 2. The summed E-state index contributed by atoms with van der Waals surface area (Å²) < 4.78 is 4.60. The number of rotatable bonds is 17. The first kappa shape index (κ1) is 29.0. The molecule has 0 aliphatic heterocycles. The number of benzene rings is 1. The number of nitrogens with one attached hydrogen (secondary N) is 1. The summed E-state index contributed by atoms with van der Waals surface area (Å²) in [4.78, 5) is 60.2. The molecule has 34 heavy (non-hydrogen) atoms. The van der Waals surface area contributed by atoms with Gasteiger partial charge in [0.25, 0.3) is 5.91 Å². The Morgan fingerprint density at radius 1 is 0.912 bits per heavy atom. The van der Waals surface area contributed by atoms with E-state index in [2.05, 4.69) is 10.1 Å². The summed E-state index contributed by atoms with van der Waals surface area (Å²) in [6.45, 7) is 3.77. The number of hydrogen-bond acceptors (Lipinski definition) is 6. The van der Waals surface area contributed by atoms with Crippen LogP contribution >= 0.6 is 0 Å². The van der Waals surface area contributed by atoms with E-state index in [9.17, 15) is 24.0 Å². The number of esters is 1. The van der Waals surface area contributed by atoms with Crippen LogP contribution in [0.4, 0.5) is 0 Å². The first-order chi connectivity index (χ1) is 16.1. The summed E-state index contributed by atoms with van der Waals surface area (Å²) in [5.41, 5.74) is 5.99. The lowest BCUT2D eigenvalue weighted by Gasteiger charge is -2.23. The fourth-order valence-corrected chi connectivity index (χ4v) is 3.77. The number of carbonyl (C=O) groups is 5. The minimum Gasteiger partial charge on any atom is -0.469 e. The van der Waals surface area contributed by atoms with Gasteiger partial charge in [0, 0.05) is 31.6 Å². The highest BCUT2D eigenvalue weighted by atomic mass is 16.5. The van der Waals surface area contributed by atoms with Crippen molar-refractivity contribution in [2.45, 2.75) is 77.7 Å². The van der Waals surface area contributed by atoms with Crippen LogP contribution in [0.2, 0.25) is 0 Å². The average molecular weight is 475 g/mol. The van der Waals surface area contributed by atoms with Crippen LogP contribution in [0.3, 0.4) is 0 Å². The van der Waals surface area contributed by atoms with Crippen molar-refractivity contribution in [2.24, 2.45) is 17.6 Å². The molecule has 0 saturated carbocycles. The van der Waals surface area contributed by atoms with Gasteiger partial charge in [0.05, 0.1) is 7.11 Å². The van der Waals surface area contributed by atoms with E-state index >= 15 is 0 Å². The number of ether oxygens (including phenoxy) is 1. The molecular weight excluding hydrogens is 436 g/mol. The van der Waals surface area contributed by atoms with Crippen molar-refractivity contribution in [1.29, 1.82) is 0 Å². The smallest absolute Gasteiger partial charge is 0.305 e. The Bertz CT molecular complexity index is 822. The Morgan fingerprint density at radius 3 is 2.09 bits per heavy atom. The molecule has 8 heteroatoms. The Kier molecular flexibility index (Phi) is 13.4. The van der Waals surface area contributed by atoms with Crippen LogP contribution in [0.1, 0.15) is 70.8 Å². The summed E-state index contributed by atoms with van der Waals surface area (Å²) in [6, 6.07) is 8.02. The van der Waals surface area contributed by atoms with Gasteiger partial charge in [0.1, 0.15) is 11.8 Å². The summed E-state index contributed by atoms with van der Waals surface area (Å²) in [6.07, 6.45) is 4.81. The number of amides is 2. The predicted octanol–water partition coefficient (Wildman–Crippen LogP) is 2.90. The molecule has 2 amide bonds. The largest absolute Gasteiger partial charge is 0.469 e. The van der Waals surface area contributed by atoms with Crippen LogP contribution in [0.25, 0.3) is 0 Å². The molecule has 1 aromatic carbocycles. The van der Waals surface area contributed by atoms with Crippen molar-refractivity contribution in [3.05, 3.63) is 35.9 Å². The Morgan fingerprint density at radius 2 is 1.53 bits per heavy atom. The van der Waals surface area contributed by atoms with Crippen molar-refractivity contribution >= 4 is 29.4 Å². The molecule has 0 aliphatic carbocycles. The van der Waals surface area contributed by atoms with E-state index < -0.39 is 23.7 Å². The predicted molar refractivity (Wildman–Crippen MR) is 129 cm³/mol. The highest BCUT2D eigenvalue weighted by Gasteiger charge is 2.30. The lowest BCUT2D eigenvalue weighted by molar-refractivity contribution is -0.140. The van der Waals surface area contributed by atoms with Gasteiger partial charge >= 0.3 is 5.97 Å². The maximum absolute atomic E-state index is 13.0. The zero-order valence-corrected chi connectivity index (χ0v) is 20.5. The van der Waals surface area contributed by atoms with E-state index in [1.54, 1.807) is 0 Å². The molecule has 1 aromatic rings. The van der Waals surface area contributed by atoms with E-state index in [4.69, 9.17) is 5.73 Å². The third kappa shape index (κ3) is 11.2. The second-order valence-corrected chi connectivity index (χ2v) is 8.90. The number of hydrogen-bond donors (Lipinski definition) is 2. The van der Waals surface area contributed by atoms with E-state index in [-0.39, 0.29) is 36.4 Å². The zero-order valence-electron chi connectivity index (χ0n) is 20.5. The lowest BCUT2D eigenvalue weighted by atomic mass is 9.88. The van der Waals surface area contributed by atoms with Crippen LogP contribution in [0.5, 0.6) is 0 Å². The van der Waals surface area contributed by atoms with Gasteiger partial charge < -0.3 is 15.8 Å². The molecule has 0 saturated heterocycles. The normalized spacial score (nSPS) is 12.6. The quantitative estimate of drug-likeness (QED) is 0.203. The van der Waals surface area contributed by atoms with Crippen LogP contribution in [-0.4, -0.2) is 42.5 Å². The Balaban J connectivity index is 2.57. The van der Waals surface area contributed by atoms with Gasteiger partial charge in [-0.3, -0.25) is 24.0 Å². The minimum absolute atomic E-state index is 0.0489. The second-order valence-electron chi connectivity index (χ2n) is 8.90. The molecule has 0 spiro atoms. The summed E-state index contributed by atoms with van der Waals surface area (Å²) in [5, 5.41) is 2.69. The number of unbranched alkanes of at least 4 members (excludes halogenated alkanes) is 3. The number of nitrogens with two attached hydrogens (primary N) is 1. The highest BCUT2D eigenvalue weighted by Crippen LogP contribution is 2.20. The van der Waals surface area contributed by atoms with Gasteiger partial charge in [0.2, 0.25) is 11.7 Å². The SMILES string of the molecule is COC(=O)CCCCCCC(=O)CC[C@H](C(=O)NC(Cc1ccccc1)C(=O)C(N)=O)C(C)C. The van der Waals surface area contributed by atoms with Crippen LogP contribution < -0.4 is 11.1 Å². The zero-order chi connectivity index (χ0) is 25.5. The molecule has 2 atom stereocenters. The lowest BCUT2D eigenvalue weighted by Crippen LogP contribution is -2.49. The van der Waals surface area contributed by atoms with Gasteiger partial charge in [-0.15, -0.1) is 0 Å². The number of Topliss-reactive ketones (excluding diaryl/α,β-unsaturated/α-hetero) is 2. The number of primary amides is 1. The average Bonchev–Trinajstić information content (AvgIpc) is 2.80. The molecule has 0 radical (unpaired) electrons. The van der Waals surface area contributed by atoms with E-state index in [1.165, 1.54) is 7.11 Å². The monoisotopic (exact) mass is 474 g/mol. The summed E-state index contributed by atoms with van der Waals surface area (Å²) >= 11 is 0. The van der Waals surface area contributed by atoms with Gasteiger partial charge in [-0.05, 0) is 30.7 Å². The highest BCUT2D eigenvalue weighted by molar-refractivity contribution is 6.37. The third-order valence-electron chi connectivity index (χ3n) is 5.85. The van der Waals surface area contributed by atoms with Crippen LogP contribution in [-0.2, 0) is 35.1 Å². The summed E-state index contributed by atoms with van der Waals surface area (Å²) in [5.74, 6) is -2.96. The molecule has 0 aromatic heterocycles. The molecule has 0 bridgehead atoms. The first-order valence-electron chi connectivity index (χ1n) is 11.9. The van der Waals surface area contributed by atoms with Crippen LogP contribution in [0, 0.1) is 11.8 Å². The molecule has 0 heterocycles. The molecular formula is C26H38N2O6. The Labute approximate surface area is 202 Å². The minimum atomic E-state index is -1.09. The van der Waals surface area contributed by atoms with Gasteiger partial charge in [-0.1, -0.05) is 57.0 Å². The molecule has 1 unspecified atom stereocenters. The molecule has 188 valence electrons. The maximum atomic E-state index is 13.0. The van der Waals surface area contributed by atoms with E-state index in [1.807, 2.05) is 44.2 Å². The Hall–Kier alpha value is -3.03. The van der Waals surface area contributed by atoms with Crippen molar-refractivity contribution in [1.82, 2.24) is 5.32 Å². The third-order valence-corrected chi connectivity index (χ3v) is 5.85. The fourth-order valence-electron chi connectivity index (χ4n) is 3.77. The summed E-state index contributed by atoms with van der Waals surface area (Å²) in [7, 11) is 1.37. The van der Waals surface area contributed by atoms with Crippen molar-refractivity contribution in [3.63, 3.8) is 0 Å². The van der Waals surface area contributed by atoms with Crippen LogP contribution in [0.15, 0.2) is 30.3 Å². The first-order valence-corrected chi connectivity index (χ1v) is 11.9. The topological polar surface area (TPSA) is 133 Å². The van der Waals surface area contributed by atoms with Crippen molar-refractivity contribution in [3.8, 4) is 0 Å². The molecule has 1 rings (SSSR count). The van der Waals surface area contributed by atoms with Gasteiger partial charge in [-0.25, -0.2) is 0 Å². The molecule has 0 fully saturated rings. The van der Waals surface area contributed by atoms with E-state index in [0.717, 1.165) is 31.2 Å². The number of carbonyl (C=O) groups excluding carboxylic acids is 5. The fraction of sp³-hybridized carbons (Fsp3) is 0.577. The van der Waals surface area contributed by atoms with E-state index in [0.29, 0.717) is 19.3 Å². The maximum Gasteiger partial charge on any atom is 0.305 e. The molecule has 0 aliphatic rings. The van der Waals surface area contributed by atoms with Gasteiger partial charge in [-0.2, -0.15) is 0 Å². The van der Waals surface area contributed by atoms with Gasteiger partial charge in [0.15, 0.2) is 0 Å². The molecule has 8 nitrogen and oxygen atoms in total. The van der Waals surface area contributed by atoms with Crippen molar-refractivity contribution in [2.75, 3.05) is 7.11 Å². The van der Waals surface area contributed by atoms with Crippen molar-refractivity contribution < 1.29 is 28.7 Å². The standard InChI is InChI=1S/C26H38N2O6/c1-18(2)21(16-15-20(29)13-9-4-5-10-14-23(30)34-3)26(33)28-22(24(31)25(27)32)17-19-11-7-6-8-12-19/h6-8,11-12,18,21-22H,4-5,9-10,13-17H2,1-3H3,(H2,27,32)(H,28,33)/t21-,22?/m0/s1. The number of methoxy groups -OCH3 is 1.